The predicted octanol–water partition coefficient (Wildman–Crippen LogP) is 1.83. The standard InChI is InChI=1S/C13H22N2O3/c1-10(2)4-5-17-6-7-18-13(16)12-8-11(14)9-15(12)3/h8-10H,4-7,14H2,1-3H3. The largest absolute Gasteiger partial charge is 0.459 e. The van der Waals surface area contributed by atoms with Gasteiger partial charge in [-0.2, -0.15) is 0 Å². The number of nitrogens with zero attached hydrogens (tertiary/aromatic N) is 1. The maximum atomic E-state index is 11.7. The molecule has 0 fully saturated rings. The van der Waals surface area contributed by atoms with E-state index in [1.807, 2.05) is 0 Å². The highest BCUT2D eigenvalue weighted by molar-refractivity contribution is 5.89. The number of nitrogen functional groups attached to an aromatic ring is 1. The van der Waals surface area contributed by atoms with E-state index in [9.17, 15) is 4.79 Å². The normalized spacial score (nSPS) is 10.9. The molecule has 1 rings (SSSR count). The lowest BCUT2D eigenvalue weighted by Crippen LogP contribution is -2.14. The molecule has 1 heterocycles. The van der Waals surface area contributed by atoms with Crippen LogP contribution < -0.4 is 5.73 Å². The summed E-state index contributed by atoms with van der Waals surface area (Å²) in [6.07, 6.45) is 2.69. The number of esters is 1. The van der Waals surface area contributed by atoms with Crippen LogP contribution in [0.4, 0.5) is 5.69 Å². The van der Waals surface area contributed by atoms with Gasteiger partial charge < -0.3 is 19.8 Å². The summed E-state index contributed by atoms with van der Waals surface area (Å²) in [6.45, 7) is 5.68. The van der Waals surface area contributed by atoms with Crippen LogP contribution in [0, 0.1) is 5.92 Å². The Bertz CT molecular complexity index is 386. The molecule has 0 unspecified atom stereocenters. The summed E-state index contributed by atoms with van der Waals surface area (Å²) in [5, 5.41) is 0. The quantitative estimate of drug-likeness (QED) is 0.595. The molecule has 5 nitrogen and oxygen atoms in total. The molecule has 5 heteroatoms. The molecule has 0 aromatic carbocycles. The van der Waals surface area contributed by atoms with E-state index in [0.29, 0.717) is 30.5 Å². The second-order valence-electron chi connectivity index (χ2n) is 4.70. The Hall–Kier alpha value is -1.49. The van der Waals surface area contributed by atoms with Crippen LogP contribution in [0.15, 0.2) is 12.3 Å². The van der Waals surface area contributed by atoms with Crippen LogP contribution >= 0.6 is 0 Å². The van der Waals surface area contributed by atoms with Crippen LogP contribution in [0.3, 0.4) is 0 Å². The molecular weight excluding hydrogens is 232 g/mol. The number of aromatic nitrogens is 1. The van der Waals surface area contributed by atoms with E-state index < -0.39 is 0 Å². The van der Waals surface area contributed by atoms with Crippen molar-refractivity contribution in [1.82, 2.24) is 4.57 Å². The first kappa shape index (κ1) is 14.6. The molecule has 0 aliphatic heterocycles. The number of carbonyl (C=O) groups is 1. The van der Waals surface area contributed by atoms with Gasteiger partial charge in [-0.1, -0.05) is 13.8 Å². The third-order valence-electron chi connectivity index (χ3n) is 2.54. The lowest BCUT2D eigenvalue weighted by molar-refractivity contribution is 0.0294. The average molecular weight is 254 g/mol. The summed E-state index contributed by atoms with van der Waals surface area (Å²) in [5.41, 5.74) is 6.59. The van der Waals surface area contributed by atoms with Crippen LogP contribution in [-0.4, -0.2) is 30.4 Å². The number of aryl methyl sites for hydroxylation is 1. The van der Waals surface area contributed by atoms with Gasteiger partial charge in [-0.25, -0.2) is 4.79 Å². The third kappa shape index (κ3) is 4.79. The minimum absolute atomic E-state index is 0.266. The summed E-state index contributed by atoms with van der Waals surface area (Å²) in [6, 6.07) is 1.60. The maximum absolute atomic E-state index is 11.7. The highest BCUT2D eigenvalue weighted by atomic mass is 16.6. The molecule has 0 saturated carbocycles. The van der Waals surface area contributed by atoms with Gasteiger partial charge in [-0.15, -0.1) is 0 Å². The molecule has 1 aromatic heterocycles. The number of hydrogen-bond donors (Lipinski definition) is 1. The minimum atomic E-state index is -0.373. The lowest BCUT2D eigenvalue weighted by atomic mass is 10.1. The van der Waals surface area contributed by atoms with Gasteiger partial charge in [-0.05, 0) is 18.4 Å². The van der Waals surface area contributed by atoms with Crippen molar-refractivity contribution in [2.24, 2.45) is 13.0 Å². The Labute approximate surface area is 108 Å². The molecule has 0 amide bonds. The summed E-state index contributed by atoms with van der Waals surface area (Å²) < 4.78 is 12.1. The number of ether oxygens (including phenoxy) is 2. The molecule has 0 spiro atoms. The van der Waals surface area contributed by atoms with Gasteiger partial charge in [0.05, 0.1) is 12.3 Å². The lowest BCUT2D eigenvalue weighted by Gasteiger charge is -2.07. The Morgan fingerprint density at radius 3 is 2.67 bits per heavy atom. The van der Waals surface area contributed by atoms with Gasteiger partial charge in [0, 0.05) is 19.9 Å². The number of anilines is 1. The van der Waals surface area contributed by atoms with Gasteiger partial charge in [-0.3, -0.25) is 0 Å². The predicted molar refractivity (Wildman–Crippen MR) is 70.4 cm³/mol. The van der Waals surface area contributed by atoms with E-state index in [2.05, 4.69) is 13.8 Å². The SMILES string of the molecule is CC(C)CCOCCOC(=O)c1cc(N)cn1C. The van der Waals surface area contributed by atoms with E-state index in [0.717, 1.165) is 6.42 Å². The number of rotatable bonds is 7. The van der Waals surface area contributed by atoms with E-state index in [1.165, 1.54) is 0 Å². The molecule has 0 aliphatic rings. The van der Waals surface area contributed by atoms with Gasteiger partial charge >= 0.3 is 5.97 Å². The monoisotopic (exact) mass is 254 g/mol. The highest BCUT2D eigenvalue weighted by Gasteiger charge is 2.11. The van der Waals surface area contributed by atoms with E-state index >= 15 is 0 Å². The zero-order chi connectivity index (χ0) is 13.5. The fraction of sp³-hybridized carbons (Fsp3) is 0.615. The van der Waals surface area contributed by atoms with Crippen molar-refractivity contribution in [3.8, 4) is 0 Å². The van der Waals surface area contributed by atoms with Crippen molar-refractivity contribution in [2.75, 3.05) is 25.6 Å². The molecule has 1 aromatic rings. The molecule has 0 bridgehead atoms. The van der Waals surface area contributed by atoms with E-state index in [-0.39, 0.29) is 12.6 Å². The van der Waals surface area contributed by atoms with Crippen molar-refractivity contribution in [1.29, 1.82) is 0 Å². The number of nitrogens with two attached hydrogens (primary N) is 1. The summed E-state index contributed by atoms with van der Waals surface area (Å²) >= 11 is 0. The van der Waals surface area contributed by atoms with Gasteiger partial charge in [0.2, 0.25) is 0 Å². The summed E-state index contributed by atoms with van der Waals surface area (Å²) in [4.78, 5) is 11.7. The van der Waals surface area contributed by atoms with Crippen molar-refractivity contribution in [2.45, 2.75) is 20.3 Å². The number of hydrogen-bond acceptors (Lipinski definition) is 4. The van der Waals surface area contributed by atoms with Crippen molar-refractivity contribution in [3.63, 3.8) is 0 Å². The van der Waals surface area contributed by atoms with Gasteiger partial charge in [0.1, 0.15) is 12.3 Å². The molecule has 0 aliphatic carbocycles. The summed E-state index contributed by atoms with van der Waals surface area (Å²) in [5.74, 6) is 0.251. The van der Waals surface area contributed by atoms with E-state index in [1.54, 1.807) is 23.9 Å². The van der Waals surface area contributed by atoms with Gasteiger partial charge in [0.25, 0.3) is 0 Å². The zero-order valence-corrected chi connectivity index (χ0v) is 11.3. The van der Waals surface area contributed by atoms with Crippen molar-refractivity contribution < 1.29 is 14.3 Å². The van der Waals surface area contributed by atoms with Crippen LogP contribution in [0.5, 0.6) is 0 Å². The molecule has 18 heavy (non-hydrogen) atoms. The second-order valence-corrected chi connectivity index (χ2v) is 4.70. The fourth-order valence-electron chi connectivity index (χ4n) is 1.48. The Morgan fingerprint density at radius 2 is 2.11 bits per heavy atom. The molecule has 0 atom stereocenters. The Morgan fingerprint density at radius 1 is 1.39 bits per heavy atom. The average Bonchev–Trinajstić information content (AvgIpc) is 2.62. The number of carbonyl (C=O) groups excluding carboxylic acids is 1. The van der Waals surface area contributed by atoms with Crippen LogP contribution in [0.2, 0.25) is 0 Å². The minimum Gasteiger partial charge on any atom is -0.459 e. The molecule has 0 radical (unpaired) electrons. The molecule has 2 N–H and O–H groups in total. The second kappa shape index (κ2) is 7.06. The third-order valence-corrected chi connectivity index (χ3v) is 2.54. The van der Waals surface area contributed by atoms with Crippen LogP contribution in [-0.2, 0) is 16.5 Å². The first-order valence-electron chi connectivity index (χ1n) is 6.17. The van der Waals surface area contributed by atoms with Crippen molar-refractivity contribution >= 4 is 11.7 Å². The maximum Gasteiger partial charge on any atom is 0.355 e. The smallest absolute Gasteiger partial charge is 0.355 e. The van der Waals surface area contributed by atoms with E-state index in [4.69, 9.17) is 15.2 Å². The fourth-order valence-corrected chi connectivity index (χ4v) is 1.48. The van der Waals surface area contributed by atoms with Crippen LogP contribution in [0.1, 0.15) is 30.8 Å². The highest BCUT2D eigenvalue weighted by Crippen LogP contribution is 2.09. The molecular formula is C13H22N2O3. The summed E-state index contributed by atoms with van der Waals surface area (Å²) in [7, 11) is 1.76. The first-order valence-corrected chi connectivity index (χ1v) is 6.17. The molecule has 0 saturated heterocycles. The van der Waals surface area contributed by atoms with Crippen molar-refractivity contribution in [3.05, 3.63) is 18.0 Å². The first-order chi connectivity index (χ1) is 8.50. The molecule has 102 valence electrons. The van der Waals surface area contributed by atoms with Gasteiger partial charge in [0.15, 0.2) is 0 Å². The zero-order valence-electron chi connectivity index (χ0n) is 11.3. The Kier molecular flexibility index (Phi) is 5.71. The Balaban J connectivity index is 2.20. The van der Waals surface area contributed by atoms with Crippen LogP contribution in [0.25, 0.3) is 0 Å². The topological polar surface area (TPSA) is 66.5 Å².